The summed E-state index contributed by atoms with van der Waals surface area (Å²) in [6, 6.07) is 25.4. The summed E-state index contributed by atoms with van der Waals surface area (Å²) in [5.41, 5.74) is 4.56. The highest BCUT2D eigenvalue weighted by atomic mass is 16.6. The number of hydrogen-bond acceptors (Lipinski definition) is 4. The van der Waals surface area contributed by atoms with Crippen molar-refractivity contribution in [2.45, 2.75) is 20.1 Å². The largest absolute Gasteiger partial charge is 0.488 e. The molecule has 0 saturated heterocycles. The molecule has 4 nitrogen and oxygen atoms in total. The van der Waals surface area contributed by atoms with E-state index in [0.29, 0.717) is 12.2 Å². The third-order valence-electron chi connectivity index (χ3n) is 4.06. The maximum Gasteiger partial charge on any atom is 0.143 e. The van der Waals surface area contributed by atoms with Gasteiger partial charge in [-0.2, -0.15) is 5.26 Å². The van der Waals surface area contributed by atoms with Gasteiger partial charge in [0.1, 0.15) is 19.0 Å². The Morgan fingerprint density at radius 2 is 1.67 bits per heavy atom. The average Bonchev–Trinajstić information content (AvgIpc) is 2.72. The van der Waals surface area contributed by atoms with E-state index in [4.69, 9.17) is 14.8 Å². The van der Waals surface area contributed by atoms with Gasteiger partial charge >= 0.3 is 0 Å². The van der Waals surface area contributed by atoms with Crippen LogP contribution in [0.3, 0.4) is 0 Å². The summed E-state index contributed by atoms with van der Waals surface area (Å²) in [5, 5.41) is 13.1. The number of rotatable bonds is 7. The summed E-state index contributed by atoms with van der Waals surface area (Å²) in [7, 11) is 0. The Morgan fingerprint density at radius 1 is 0.926 bits per heavy atom. The second kappa shape index (κ2) is 9.21. The monoisotopic (exact) mass is 356 g/mol. The fourth-order valence-electron chi connectivity index (χ4n) is 2.52. The van der Waals surface area contributed by atoms with E-state index < -0.39 is 0 Å². The van der Waals surface area contributed by atoms with Crippen LogP contribution in [-0.4, -0.2) is 6.21 Å². The number of hydrogen-bond donors (Lipinski definition) is 0. The molecule has 0 aliphatic heterocycles. The first-order chi connectivity index (χ1) is 13.3. The SMILES string of the molecule is Cc1ccc(COc2ccccc2/C=N\OCc2ccccc2C#N)cc1. The quantitative estimate of drug-likeness (QED) is 0.442. The predicted molar refractivity (Wildman–Crippen MR) is 105 cm³/mol. The van der Waals surface area contributed by atoms with Gasteiger partial charge in [0, 0.05) is 11.1 Å². The molecule has 27 heavy (non-hydrogen) atoms. The summed E-state index contributed by atoms with van der Waals surface area (Å²) in [4.78, 5) is 5.36. The van der Waals surface area contributed by atoms with Crippen molar-refractivity contribution in [3.63, 3.8) is 0 Å². The molecule has 0 aliphatic carbocycles. The van der Waals surface area contributed by atoms with Gasteiger partial charge in [-0.15, -0.1) is 0 Å². The van der Waals surface area contributed by atoms with E-state index in [-0.39, 0.29) is 6.61 Å². The van der Waals surface area contributed by atoms with Crippen molar-refractivity contribution < 1.29 is 9.57 Å². The molecule has 4 heteroatoms. The van der Waals surface area contributed by atoms with Gasteiger partial charge in [-0.3, -0.25) is 0 Å². The van der Waals surface area contributed by atoms with Gasteiger partial charge in [0.25, 0.3) is 0 Å². The van der Waals surface area contributed by atoms with Gasteiger partial charge in [0.15, 0.2) is 0 Å². The summed E-state index contributed by atoms with van der Waals surface area (Å²) in [6.45, 7) is 2.79. The molecular weight excluding hydrogens is 336 g/mol. The molecule has 0 spiro atoms. The molecule has 0 atom stereocenters. The smallest absolute Gasteiger partial charge is 0.143 e. The first-order valence-electron chi connectivity index (χ1n) is 8.67. The normalized spacial score (nSPS) is 10.5. The van der Waals surface area contributed by atoms with E-state index >= 15 is 0 Å². The third-order valence-corrected chi connectivity index (χ3v) is 4.06. The molecule has 0 aromatic heterocycles. The van der Waals surface area contributed by atoms with E-state index in [1.165, 1.54) is 5.56 Å². The minimum absolute atomic E-state index is 0.243. The van der Waals surface area contributed by atoms with Crippen LogP contribution in [0, 0.1) is 18.3 Å². The summed E-state index contributed by atoms with van der Waals surface area (Å²) >= 11 is 0. The summed E-state index contributed by atoms with van der Waals surface area (Å²) in [5.74, 6) is 0.739. The number of para-hydroxylation sites is 1. The van der Waals surface area contributed by atoms with Crippen LogP contribution in [0.4, 0.5) is 0 Å². The number of aryl methyl sites for hydroxylation is 1. The van der Waals surface area contributed by atoms with Crippen LogP contribution in [0.1, 0.15) is 27.8 Å². The fraction of sp³-hybridized carbons (Fsp3) is 0.130. The highest BCUT2D eigenvalue weighted by Crippen LogP contribution is 2.18. The fourth-order valence-corrected chi connectivity index (χ4v) is 2.52. The van der Waals surface area contributed by atoms with Crippen LogP contribution < -0.4 is 4.74 Å². The van der Waals surface area contributed by atoms with Gasteiger partial charge in [0.2, 0.25) is 0 Å². The summed E-state index contributed by atoms with van der Waals surface area (Å²) in [6.07, 6.45) is 1.62. The zero-order chi connectivity index (χ0) is 18.9. The average molecular weight is 356 g/mol. The molecule has 0 aliphatic rings. The lowest BCUT2D eigenvalue weighted by Gasteiger charge is -2.09. The van der Waals surface area contributed by atoms with Crippen LogP contribution in [0.15, 0.2) is 78.0 Å². The maximum absolute atomic E-state index is 9.10. The highest BCUT2D eigenvalue weighted by Gasteiger charge is 2.03. The summed E-state index contributed by atoms with van der Waals surface area (Å²) < 4.78 is 5.93. The van der Waals surface area contributed by atoms with Crippen LogP contribution >= 0.6 is 0 Å². The van der Waals surface area contributed by atoms with Gasteiger partial charge in [-0.25, -0.2) is 0 Å². The van der Waals surface area contributed by atoms with Gasteiger partial charge in [0.05, 0.1) is 17.8 Å². The number of nitrogens with zero attached hydrogens (tertiary/aromatic N) is 2. The van der Waals surface area contributed by atoms with E-state index in [2.05, 4.69) is 42.4 Å². The van der Waals surface area contributed by atoms with E-state index in [1.807, 2.05) is 42.5 Å². The number of oxime groups is 1. The lowest BCUT2D eigenvalue weighted by molar-refractivity contribution is 0.132. The first-order valence-corrected chi connectivity index (χ1v) is 8.67. The third kappa shape index (κ3) is 5.20. The van der Waals surface area contributed by atoms with Crippen molar-refractivity contribution in [2.75, 3.05) is 0 Å². The van der Waals surface area contributed by atoms with Crippen molar-refractivity contribution in [3.8, 4) is 11.8 Å². The van der Waals surface area contributed by atoms with E-state index in [9.17, 15) is 0 Å². The van der Waals surface area contributed by atoms with Crippen molar-refractivity contribution in [2.24, 2.45) is 5.16 Å². The molecule has 0 radical (unpaired) electrons. The first kappa shape index (κ1) is 18.2. The number of ether oxygens (including phenoxy) is 1. The molecule has 0 N–H and O–H groups in total. The molecule has 0 bridgehead atoms. The molecule has 0 amide bonds. The maximum atomic E-state index is 9.10. The Hall–Kier alpha value is -3.58. The van der Waals surface area contributed by atoms with Crippen molar-refractivity contribution >= 4 is 6.21 Å². The van der Waals surface area contributed by atoms with Gasteiger partial charge in [-0.1, -0.05) is 65.3 Å². The standard InChI is InChI=1S/C23H20N2O2/c1-18-10-12-19(13-11-18)16-26-23-9-5-4-7-21(23)15-25-27-17-22-8-3-2-6-20(22)14-24/h2-13,15H,16-17H2,1H3/b25-15-. The zero-order valence-corrected chi connectivity index (χ0v) is 15.1. The minimum Gasteiger partial charge on any atom is -0.488 e. The Bertz CT molecular complexity index is 957. The van der Waals surface area contributed by atoms with Crippen molar-refractivity contribution in [3.05, 3.63) is 101 Å². The highest BCUT2D eigenvalue weighted by molar-refractivity contribution is 5.83. The molecule has 3 aromatic carbocycles. The van der Waals surface area contributed by atoms with E-state index in [0.717, 1.165) is 22.4 Å². The topological polar surface area (TPSA) is 54.6 Å². The molecule has 0 heterocycles. The predicted octanol–water partition coefficient (Wildman–Crippen LogP) is 5.00. The van der Waals surface area contributed by atoms with Crippen molar-refractivity contribution in [1.82, 2.24) is 0 Å². The molecule has 3 aromatic rings. The van der Waals surface area contributed by atoms with Gasteiger partial charge in [-0.05, 0) is 30.7 Å². The van der Waals surface area contributed by atoms with Crippen molar-refractivity contribution in [1.29, 1.82) is 5.26 Å². The molecule has 0 unspecified atom stereocenters. The Balaban J connectivity index is 1.61. The lowest BCUT2D eigenvalue weighted by Crippen LogP contribution is -1.98. The minimum atomic E-state index is 0.243. The van der Waals surface area contributed by atoms with E-state index in [1.54, 1.807) is 12.3 Å². The molecule has 0 saturated carbocycles. The zero-order valence-electron chi connectivity index (χ0n) is 15.1. The second-order valence-electron chi connectivity index (χ2n) is 6.09. The second-order valence-corrected chi connectivity index (χ2v) is 6.09. The Kier molecular flexibility index (Phi) is 6.21. The van der Waals surface area contributed by atoms with Crippen LogP contribution in [-0.2, 0) is 18.1 Å². The molecular formula is C23H20N2O2. The molecule has 134 valence electrons. The Morgan fingerprint density at radius 3 is 2.48 bits per heavy atom. The van der Waals surface area contributed by atoms with Crippen LogP contribution in [0.25, 0.3) is 0 Å². The number of nitriles is 1. The molecule has 0 fully saturated rings. The lowest BCUT2D eigenvalue weighted by atomic mass is 10.1. The van der Waals surface area contributed by atoms with Gasteiger partial charge < -0.3 is 9.57 Å². The number of benzene rings is 3. The molecule has 3 rings (SSSR count). The van der Waals surface area contributed by atoms with Crippen LogP contribution in [0.2, 0.25) is 0 Å². The Labute approximate surface area is 159 Å². The van der Waals surface area contributed by atoms with Crippen LogP contribution in [0.5, 0.6) is 5.75 Å².